The molecule has 0 unspecified atom stereocenters. The molecule has 0 radical (unpaired) electrons. The normalized spacial score (nSPS) is 13.8. The first-order valence-electron chi connectivity index (χ1n) is 8.40. The smallest absolute Gasteiger partial charge is 0.314 e. The lowest BCUT2D eigenvalue weighted by Crippen LogP contribution is -2.30. The number of nitrogens with one attached hydrogen (secondary N) is 1. The van der Waals surface area contributed by atoms with E-state index in [1.807, 2.05) is 0 Å². The summed E-state index contributed by atoms with van der Waals surface area (Å²) in [5, 5.41) is 2.42. The molecular formula is C18H18F4N4O. The van der Waals surface area contributed by atoms with Gasteiger partial charge in [-0.15, -0.1) is 0 Å². The van der Waals surface area contributed by atoms with Crippen molar-refractivity contribution in [3.63, 3.8) is 0 Å². The number of anilines is 1. The lowest BCUT2D eigenvalue weighted by molar-refractivity contribution is -0.139. The van der Waals surface area contributed by atoms with Crippen molar-refractivity contribution >= 4 is 11.7 Å². The molecule has 0 spiro atoms. The van der Waals surface area contributed by atoms with Crippen LogP contribution in [0.2, 0.25) is 0 Å². The summed E-state index contributed by atoms with van der Waals surface area (Å²) in [4.78, 5) is 22.6. The summed E-state index contributed by atoms with van der Waals surface area (Å²) in [6, 6.07) is 1.74. The van der Waals surface area contributed by atoms with Gasteiger partial charge in [-0.2, -0.15) is 13.2 Å². The van der Waals surface area contributed by atoms with Gasteiger partial charge in [-0.25, -0.2) is 19.2 Å². The molecule has 9 heteroatoms. The molecule has 144 valence electrons. The Kier molecular flexibility index (Phi) is 5.03. The molecule has 1 N–H and O–H groups in total. The van der Waals surface area contributed by atoms with E-state index in [1.165, 1.54) is 4.90 Å². The Hall–Kier alpha value is -2.71. The van der Waals surface area contributed by atoms with Crippen molar-refractivity contribution in [2.75, 3.05) is 5.32 Å². The first kappa shape index (κ1) is 19.1. The van der Waals surface area contributed by atoms with E-state index in [9.17, 15) is 22.4 Å². The number of urea groups is 1. The standard InChI is InChI=1S/C18H18F4N4O/c1-10(2)5-16-23-7-11-8-26(9-15(11)25-16)17(27)24-12-3-4-13(14(19)6-12)18(20,21)22/h3-4,6-7,10H,5,8-9H2,1-2H3,(H,24,27). The van der Waals surface area contributed by atoms with E-state index < -0.39 is 23.6 Å². The summed E-state index contributed by atoms with van der Waals surface area (Å²) >= 11 is 0. The topological polar surface area (TPSA) is 58.1 Å². The summed E-state index contributed by atoms with van der Waals surface area (Å²) in [7, 11) is 0. The molecule has 0 aliphatic carbocycles. The maximum atomic E-state index is 13.6. The van der Waals surface area contributed by atoms with Crippen LogP contribution >= 0.6 is 0 Å². The minimum Gasteiger partial charge on any atom is -0.314 e. The third kappa shape index (κ3) is 4.35. The van der Waals surface area contributed by atoms with Crippen molar-refractivity contribution in [2.24, 2.45) is 5.92 Å². The minimum atomic E-state index is -4.78. The third-order valence-corrected chi connectivity index (χ3v) is 4.11. The number of alkyl halides is 3. The highest BCUT2D eigenvalue weighted by Gasteiger charge is 2.34. The lowest BCUT2D eigenvalue weighted by atomic mass is 10.1. The number of benzene rings is 1. The molecule has 5 nitrogen and oxygen atoms in total. The van der Waals surface area contributed by atoms with Crippen molar-refractivity contribution in [2.45, 2.75) is 39.5 Å². The minimum absolute atomic E-state index is 0.0481. The van der Waals surface area contributed by atoms with Gasteiger partial charge in [-0.3, -0.25) is 0 Å². The van der Waals surface area contributed by atoms with Crippen LogP contribution in [0.1, 0.15) is 36.5 Å². The number of amides is 2. The van der Waals surface area contributed by atoms with Gasteiger partial charge in [-0.05, 0) is 24.1 Å². The number of carbonyl (C=O) groups excluding carboxylic acids is 1. The second kappa shape index (κ2) is 7.13. The van der Waals surface area contributed by atoms with Gasteiger partial charge in [0.15, 0.2) is 0 Å². The second-order valence-electron chi connectivity index (χ2n) is 6.83. The second-order valence-corrected chi connectivity index (χ2v) is 6.83. The maximum absolute atomic E-state index is 13.6. The highest BCUT2D eigenvalue weighted by molar-refractivity contribution is 5.89. The number of nitrogens with zero attached hydrogens (tertiary/aromatic N) is 3. The Balaban J connectivity index is 1.68. The first-order valence-corrected chi connectivity index (χ1v) is 8.40. The van der Waals surface area contributed by atoms with Crippen LogP contribution in [0.3, 0.4) is 0 Å². The number of fused-ring (bicyclic) bond motifs is 1. The number of hydrogen-bond donors (Lipinski definition) is 1. The molecule has 2 amide bonds. The van der Waals surface area contributed by atoms with Crippen LogP contribution < -0.4 is 5.32 Å². The molecule has 0 saturated heterocycles. The van der Waals surface area contributed by atoms with Crippen LogP contribution in [0.5, 0.6) is 0 Å². The average Bonchev–Trinajstić information content (AvgIpc) is 2.96. The highest BCUT2D eigenvalue weighted by Crippen LogP contribution is 2.32. The van der Waals surface area contributed by atoms with Crippen molar-refractivity contribution in [1.29, 1.82) is 0 Å². The molecular weight excluding hydrogens is 364 g/mol. The van der Waals surface area contributed by atoms with Crippen molar-refractivity contribution in [3.05, 3.63) is 52.9 Å². The van der Waals surface area contributed by atoms with Crippen molar-refractivity contribution in [1.82, 2.24) is 14.9 Å². The summed E-state index contributed by atoms with van der Waals surface area (Å²) in [6.07, 6.45) is -2.37. The Labute approximate surface area is 153 Å². The summed E-state index contributed by atoms with van der Waals surface area (Å²) in [5.74, 6) is -0.330. The monoisotopic (exact) mass is 382 g/mol. The Bertz CT molecular complexity index is 867. The molecule has 1 aliphatic rings. The fourth-order valence-corrected chi connectivity index (χ4v) is 2.83. The highest BCUT2D eigenvalue weighted by atomic mass is 19.4. The van der Waals surface area contributed by atoms with Gasteiger partial charge in [0.2, 0.25) is 0 Å². The molecule has 0 fully saturated rings. The number of halogens is 4. The van der Waals surface area contributed by atoms with Crippen LogP contribution in [0.25, 0.3) is 0 Å². The Morgan fingerprint density at radius 3 is 2.67 bits per heavy atom. The average molecular weight is 382 g/mol. The molecule has 27 heavy (non-hydrogen) atoms. The van der Waals surface area contributed by atoms with Gasteiger partial charge < -0.3 is 10.2 Å². The van der Waals surface area contributed by atoms with E-state index in [4.69, 9.17) is 0 Å². The number of hydrogen-bond acceptors (Lipinski definition) is 3. The lowest BCUT2D eigenvalue weighted by Gasteiger charge is -2.16. The molecule has 0 bridgehead atoms. The van der Waals surface area contributed by atoms with Gasteiger partial charge in [0.25, 0.3) is 0 Å². The van der Waals surface area contributed by atoms with E-state index >= 15 is 0 Å². The van der Waals surface area contributed by atoms with Gasteiger partial charge in [0.1, 0.15) is 11.6 Å². The SMILES string of the molecule is CC(C)Cc1ncc2c(n1)CN(C(=O)Nc1ccc(C(F)(F)F)c(F)c1)C2. The Morgan fingerprint density at radius 2 is 2.04 bits per heavy atom. The zero-order valence-corrected chi connectivity index (χ0v) is 14.8. The molecule has 1 aromatic carbocycles. The fourth-order valence-electron chi connectivity index (χ4n) is 2.83. The van der Waals surface area contributed by atoms with Crippen molar-refractivity contribution in [3.8, 4) is 0 Å². The molecule has 1 aromatic heterocycles. The Morgan fingerprint density at radius 1 is 1.30 bits per heavy atom. The van der Waals surface area contributed by atoms with Crippen LogP contribution in [-0.4, -0.2) is 20.9 Å². The van der Waals surface area contributed by atoms with E-state index in [0.29, 0.717) is 23.9 Å². The fraction of sp³-hybridized carbons (Fsp3) is 0.389. The summed E-state index contributed by atoms with van der Waals surface area (Å²) in [5.41, 5.74) is 0.140. The molecule has 3 rings (SSSR count). The van der Waals surface area contributed by atoms with Gasteiger partial charge in [-0.1, -0.05) is 13.8 Å². The van der Waals surface area contributed by atoms with Crippen LogP contribution in [0.15, 0.2) is 24.4 Å². The van der Waals surface area contributed by atoms with Gasteiger partial charge >= 0.3 is 12.2 Å². The summed E-state index contributed by atoms with van der Waals surface area (Å²) in [6.45, 7) is 4.66. The molecule has 0 saturated carbocycles. The zero-order valence-electron chi connectivity index (χ0n) is 14.8. The van der Waals surface area contributed by atoms with E-state index in [2.05, 4.69) is 29.1 Å². The zero-order chi connectivity index (χ0) is 19.8. The number of carbonyl (C=O) groups is 1. The van der Waals surface area contributed by atoms with Crippen LogP contribution in [0, 0.1) is 11.7 Å². The first-order chi connectivity index (χ1) is 12.6. The number of aromatic nitrogens is 2. The van der Waals surface area contributed by atoms with E-state index in [-0.39, 0.29) is 18.8 Å². The molecule has 2 heterocycles. The molecule has 2 aromatic rings. The largest absolute Gasteiger partial charge is 0.419 e. The molecule has 1 aliphatic heterocycles. The van der Waals surface area contributed by atoms with Crippen molar-refractivity contribution < 1.29 is 22.4 Å². The van der Waals surface area contributed by atoms with Gasteiger partial charge in [0, 0.05) is 23.9 Å². The van der Waals surface area contributed by atoms with E-state index in [1.54, 1.807) is 6.20 Å². The number of rotatable bonds is 3. The maximum Gasteiger partial charge on any atom is 0.419 e. The summed E-state index contributed by atoms with van der Waals surface area (Å²) < 4.78 is 51.4. The predicted octanol–water partition coefficient (Wildman–Crippen LogP) is 4.38. The predicted molar refractivity (Wildman–Crippen MR) is 90.2 cm³/mol. The molecule has 0 atom stereocenters. The third-order valence-electron chi connectivity index (χ3n) is 4.11. The van der Waals surface area contributed by atoms with Crippen LogP contribution in [0.4, 0.5) is 28.0 Å². The van der Waals surface area contributed by atoms with Crippen LogP contribution in [-0.2, 0) is 25.7 Å². The van der Waals surface area contributed by atoms with E-state index in [0.717, 1.165) is 23.7 Å². The quantitative estimate of drug-likeness (QED) is 0.802. The van der Waals surface area contributed by atoms with Gasteiger partial charge in [0.05, 0.1) is 24.3 Å².